The minimum atomic E-state index is -3.68. The van der Waals surface area contributed by atoms with Gasteiger partial charge in [-0.3, -0.25) is 14.4 Å². The number of benzene rings is 2. The molecule has 0 saturated carbocycles. The molecule has 3 aromatic rings. The Morgan fingerprint density at radius 1 is 1.14 bits per heavy atom. The lowest BCUT2D eigenvalue weighted by Crippen LogP contribution is -2.57. The third-order valence-corrected chi connectivity index (χ3v) is 8.14. The van der Waals surface area contributed by atoms with Crippen molar-refractivity contribution in [2.75, 3.05) is 45.2 Å². The molecule has 1 atom stereocenters. The lowest BCUT2D eigenvalue weighted by atomic mass is 10.0. The van der Waals surface area contributed by atoms with Crippen LogP contribution in [-0.4, -0.2) is 79.2 Å². The summed E-state index contributed by atoms with van der Waals surface area (Å²) in [5, 5.41) is 6.95. The summed E-state index contributed by atoms with van der Waals surface area (Å²) in [6.45, 7) is 1.33. The maximum Gasteiger partial charge on any atom is 0.246 e. The number of anilines is 1. The highest BCUT2D eigenvalue weighted by molar-refractivity contribution is 7.89. The van der Waals surface area contributed by atoms with Crippen molar-refractivity contribution < 1.29 is 22.7 Å². The number of fused-ring (bicyclic) bond motifs is 2. The molecule has 1 saturated heterocycles. The zero-order valence-electron chi connectivity index (χ0n) is 19.5. The van der Waals surface area contributed by atoms with Gasteiger partial charge in [0.2, 0.25) is 15.9 Å². The molecule has 1 amide bonds. The van der Waals surface area contributed by atoms with Crippen LogP contribution in [0.4, 0.5) is 5.69 Å². The first kappa shape index (κ1) is 23.3. The number of methoxy groups -OCH3 is 1. The molecule has 0 bridgehead atoms. The minimum Gasteiger partial charge on any atom is -0.497 e. The summed E-state index contributed by atoms with van der Waals surface area (Å²) in [5.74, 6) is 1.11. The zero-order valence-corrected chi connectivity index (χ0v) is 20.4. The number of nitrogens with one attached hydrogen (secondary N) is 1. The molecule has 10 nitrogen and oxygen atoms in total. The van der Waals surface area contributed by atoms with Gasteiger partial charge in [0.05, 0.1) is 31.6 Å². The number of hydrogen-bond acceptors (Lipinski definition) is 7. The lowest BCUT2D eigenvalue weighted by molar-refractivity contribution is -0.118. The molecule has 184 valence electrons. The third-order valence-electron chi connectivity index (χ3n) is 6.32. The molecule has 1 fully saturated rings. The van der Waals surface area contributed by atoms with Crippen molar-refractivity contribution in [3.8, 4) is 22.6 Å². The predicted octanol–water partition coefficient (Wildman–Crippen LogP) is 1.80. The van der Waals surface area contributed by atoms with E-state index in [1.165, 1.54) is 21.4 Å². The Morgan fingerprint density at radius 3 is 2.74 bits per heavy atom. The summed E-state index contributed by atoms with van der Waals surface area (Å²) >= 11 is 0. The molecule has 1 N–H and O–H groups in total. The highest BCUT2D eigenvalue weighted by atomic mass is 32.2. The first-order chi connectivity index (χ1) is 16.8. The summed E-state index contributed by atoms with van der Waals surface area (Å²) < 4.78 is 40.5. The maximum absolute atomic E-state index is 13.1. The van der Waals surface area contributed by atoms with E-state index in [4.69, 9.17) is 9.47 Å². The van der Waals surface area contributed by atoms with Crippen LogP contribution in [-0.2, 0) is 21.9 Å². The van der Waals surface area contributed by atoms with Gasteiger partial charge < -0.3 is 14.8 Å². The molecule has 2 aliphatic heterocycles. The van der Waals surface area contributed by atoms with Crippen LogP contribution in [0.2, 0.25) is 0 Å². The molecule has 0 spiro atoms. The third kappa shape index (κ3) is 4.75. The molecule has 35 heavy (non-hydrogen) atoms. The fraction of sp³-hybridized carbons (Fsp3) is 0.333. The number of nitrogens with zero attached hydrogens (tertiary/aromatic N) is 4. The zero-order chi connectivity index (χ0) is 24.6. The number of aryl methyl sites for hydroxylation is 1. The molecule has 2 aliphatic rings. The van der Waals surface area contributed by atoms with Gasteiger partial charge in [0.25, 0.3) is 0 Å². The van der Waals surface area contributed by atoms with E-state index in [-0.39, 0.29) is 43.1 Å². The summed E-state index contributed by atoms with van der Waals surface area (Å²) in [7, 11) is -0.381. The fourth-order valence-electron chi connectivity index (χ4n) is 4.43. The van der Waals surface area contributed by atoms with Gasteiger partial charge in [0.1, 0.15) is 23.0 Å². The first-order valence-electron chi connectivity index (χ1n) is 11.3. The summed E-state index contributed by atoms with van der Waals surface area (Å²) in [6, 6.07) is 13.0. The standard InChI is InChI=1S/C24H27N5O5S/c1-27-14-21(12-25-27)35(31,32)29-9-8-28-15-24(30)26-22-11-18(17-4-3-5-20(10-17)33-2)6-7-23(22)34-16-19(28)13-29/h3-7,10-12,14,19H,8-9,13,15-16H2,1-2H3,(H,26,30)/t19-/m1/s1. The largest absolute Gasteiger partial charge is 0.497 e. The Kier molecular flexibility index (Phi) is 6.22. The summed E-state index contributed by atoms with van der Waals surface area (Å²) in [4.78, 5) is 15.0. The first-order valence-corrected chi connectivity index (χ1v) is 12.7. The van der Waals surface area contributed by atoms with E-state index in [2.05, 4.69) is 10.4 Å². The fourth-order valence-corrected chi connectivity index (χ4v) is 5.88. The smallest absolute Gasteiger partial charge is 0.246 e. The molecule has 0 aliphatic carbocycles. The van der Waals surface area contributed by atoms with Crippen LogP contribution in [0.15, 0.2) is 59.8 Å². The van der Waals surface area contributed by atoms with Crippen molar-refractivity contribution in [3.05, 3.63) is 54.9 Å². The summed E-state index contributed by atoms with van der Waals surface area (Å²) in [5.41, 5.74) is 2.45. The number of amides is 1. The molecule has 0 radical (unpaired) electrons. The summed E-state index contributed by atoms with van der Waals surface area (Å²) in [6.07, 6.45) is 2.84. The number of ether oxygens (including phenoxy) is 2. The van der Waals surface area contributed by atoms with Crippen molar-refractivity contribution in [1.29, 1.82) is 0 Å². The number of carbonyl (C=O) groups excluding carboxylic acids is 1. The van der Waals surface area contributed by atoms with Crippen LogP contribution in [0.3, 0.4) is 0 Å². The SMILES string of the molecule is COc1cccc(-c2ccc3c(c2)NC(=O)CN2CCN(S(=O)(=O)c4cnn(C)c4)C[C@@H]2CO3)c1. The van der Waals surface area contributed by atoms with Crippen molar-refractivity contribution in [3.63, 3.8) is 0 Å². The van der Waals surface area contributed by atoms with Gasteiger partial charge in [-0.25, -0.2) is 8.42 Å². The average molecular weight is 498 g/mol. The second-order valence-corrected chi connectivity index (χ2v) is 10.6. The van der Waals surface area contributed by atoms with E-state index in [1.54, 1.807) is 14.2 Å². The Balaban J connectivity index is 1.38. The second kappa shape index (κ2) is 9.33. The van der Waals surface area contributed by atoms with E-state index in [1.807, 2.05) is 47.4 Å². The van der Waals surface area contributed by atoms with E-state index in [9.17, 15) is 13.2 Å². The number of aromatic nitrogens is 2. The van der Waals surface area contributed by atoms with Crippen LogP contribution in [0, 0.1) is 0 Å². The van der Waals surface area contributed by atoms with Crippen LogP contribution in [0.25, 0.3) is 11.1 Å². The number of carbonyl (C=O) groups is 1. The van der Waals surface area contributed by atoms with E-state index < -0.39 is 10.0 Å². The van der Waals surface area contributed by atoms with E-state index >= 15 is 0 Å². The number of sulfonamides is 1. The van der Waals surface area contributed by atoms with E-state index in [0.29, 0.717) is 18.0 Å². The highest BCUT2D eigenvalue weighted by Crippen LogP contribution is 2.33. The molecule has 5 rings (SSSR count). The van der Waals surface area contributed by atoms with Crippen LogP contribution >= 0.6 is 0 Å². The average Bonchev–Trinajstić information content (AvgIpc) is 3.32. The second-order valence-electron chi connectivity index (χ2n) is 8.64. The minimum absolute atomic E-state index is 0.150. The monoisotopic (exact) mass is 497 g/mol. The number of rotatable bonds is 4. The van der Waals surface area contributed by atoms with Gasteiger partial charge in [-0.05, 0) is 35.4 Å². The highest BCUT2D eigenvalue weighted by Gasteiger charge is 2.36. The molecular weight excluding hydrogens is 470 g/mol. The number of piperazine rings is 1. The van der Waals surface area contributed by atoms with Gasteiger partial charge in [0.15, 0.2) is 0 Å². The molecule has 11 heteroatoms. The van der Waals surface area contributed by atoms with Gasteiger partial charge >= 0.3 is 0 Å². The van der Waals surface area contributed by atoms with Crippen molar-refractivity contribution in [2.45, 2.75) is 10.9 Å². The van der Waals surface area contributed by atoms with Gasteiger partial charge in [0, 0.05) is 32.9 Å². The van der Waals surface area contributed by atoms with Gasteiger partial charge in [-0.15, -0.1) is 0 Å². The van der Waals surface area contributed by atoms with Crippen LogP contribution in [0.5, 0.6) is 11.5 Å². The molecule has 2 aromatic carbocycles. The van der Waals surface area contributed by atoms with Crippen molar-refractivity contribution in [2.24, 2.45) is 7.05 Å². The molecule has 0 unspecified atom stereocenters. The van der Waals surface area contributed by atoms with Crippen molar-refractivity contribution in [1.82, 2.24) is 19.0 Å². The van der Waals surface area contributed by atoms with Crippen molar-refractivity contribution >= 4 is 21.6 Å². The van der Waals surface area contributed by atoms with E-state index in [0.717, 1.165) is 16.9 Å². The Labute approximate surface area is 204 Å². The lowest BCUT2D eigenvalue weighted by Gasteiger charge is -2.39. The predicted molar refractivity (Wildman–Crippen MR) is 130 cm³/mol. The van der Waals surface area contributed by atoms with Crippen LogP contribution in [0.1, 0.15) is 0 Å². The maximum atomic E-state index is 13.1. The normalized spacial score (nSPS) is 19.4. The molecular formula is C24H27N5O5S. The number of hydrogen-bond donors (Lipinski definition) is 1. The molecule has 3 heterocycles. The Morgan fingerprint density at radius 2 is 1.97 bits per heavy atom. The topological polar surface area (TPSA) is 106 Å². The van der Waals surface area contributed by atoms with Crippen LogP contribution < -0.4 is 14.8 Å². The quantitative estimate of drug-likeness (QED) is 0.586. The van der Waals surface area contributed by atoms with Gasteiger partial charge in [-0.2, -0.15) is 9.40 Å². The van der Waals surface area contributed by atoms with Gasteiger partial charge in [-0.1, -0.05) is 18.2 Å². The Bertz CT molecular complexity index is 1360. The Hall–Kier alpha value is -3.41. The molecule has 1 aromatic heterocycles.